The fourth-order valence-electron chi connectivity index (χ4n) is 2.16. The first-order chi connectivity index (χ1) is 9.67. The second-order valence-corrected chi connectivity index (χ2v) is 5.11. The molecule has 0 saturated carbocycles. The summed E-state index contributed by atoms with van der Waals surface area (Å²) in [6, 6.07) is 15.5. The lowest BCUT2D eigenvalue weighted by atomic mass is 10.1. The van der Waals surface area contributed by atoms with E-state index in [1.807, 2.05) is 36.4 Å². The molecule has 1 atom stereocenters. The molecule has 0 radical (unpaired) electrons. The molecule has 106 valence electrons. The van der Waals surface area contributed by atoms with E-state index in [0.717, 1.165) is 24.1 Å². The average molecular weight is 271 g/mol. The van der Waals surface area contributed by atoms with Crippen molar-refractivity contribution in [1.82, 2.24) is 0 Å². The molecule has 20 heavy (non-hydrogen) atoms. The van der Waals surface area contributed by atoms with Crippen LogP contribution in [0.3, 0.4) is 0 Å². The number of hydrogen-bond acceptors (Lipinski definition) is 3. The van der Waals surface area contributed by atoms with E-state index in [4.69, 9.17) is 5.11 Å². The molecule has 0 aromatic heterocycles. The van der Waals surface area contributed by atoms with E-state index in [0.29, 0.717) is 11.8 Å². The molecule has 0 fully saturated rings. The van der Waals surface area contributed by atoms with Gasteiger partial charge in [0, 0.05) is 11.7 Å². The summed E-state index contributed by atoms with van der Waals surface area (Å²) in [6.07, 6.45) is 1.97. The largest absolute Gasteiger partial charge is 0.508 e. The van der Waals surface area contributed by atoms with Crippen LogP contribution in [-0.4, -0.2) is 16.3 Å². The van der Waals surface area contributed by atoms with Gasteiger partial charge in [0.25, 0.3) is 0 Å². The van der Waals surface area contributed by atoms with Gasteiger partial charge in [0.05, 0.1) is 6.61 Å². The Morgan fingerprint density at radius 3 is 2.50 bits per heavy atom. The molecule has 0 heterocycles. The van der Waals surface area contributed by atoms with Gasteiger partial charge >= 0.3 is 0 Å². The molecular formula is C17H21NO2. The summed E-state index contributed by atoms with van der Waals surface area (Å²) in [7, 11) is 0. The molecule has 1 unspecified atom stereocenters. The highest BCUT2D eigenvalue weighted by molar-refractivity contribution is 5.46. The van der Waals surface area contributed by atoms with Crippen molar-refractivity contribution in [2.24, 2.45) is 0 Å². The minimum absolute atomic E-state index is 0.0669. The van der Waals surface area contributed by atoms with E-state index in [9.17, 15) is 5.11 Å². The van der Waals surface area contributed by atoms with Crippen molar-refractivity contribution in [2.45, 2.75) is 32.4 Å². The predicted molar refractivity (Wildman–Crippen MR) is 81.9 cm³/mol. The van der Waals surface area contributed by atoms with Crippen LogP contribution < -0.4 is 5.32 Å². The van der Waals surface area contributed by atoms with Gasteiger partial charge in [-0.05, 0) is 55.2 Å². The molecular weight excluding hydrogens is 250 g/mol. The summed E-state index contributed by atoms with van der Waals surface area (Å²) in [6.45, 7) is 2.21. The van der Waals surface area contributed by atoms with Gasteiger partial charge in [-0.25, -0.2) is 0 Å². The van der Waals surface area contributed by atoms with Crippen LogP contribution in [0.15, 0.2) is 48.5 Å². The number of aryl methyl sites for hydroxylation is 1. The second kappa shape index (κ2) is 6.96. The summed E-state index contributed by atoms with van der Waals surface area (Å²) in [5.41, 5.74) is 3.18. The highest BCUT2D eigenvalue weighted by Gasteiger charge is 2.03. The third-order valence-corrected chi connectivity index (χ3v) is 3.32. The normalized spacial score (nSPS) is 12.1. The maximum absolute atomic E-state index is 9.25. The summed E-state index contributed by atoms with van der Waals surface area (Å²) < 4.78 is 0. The highest BCUT2D eigenvalue weighted by atomic mass is 16.3. The van der Waals surface area contributed by atoms with E-state index in [1.54, 1.807) is 12.1 Å². The van der Waals surface area contributed by atoms with E-state index >= 15 is 0 Å². The van der Waals surface area contributed by atoms with E-state index < -0.39 is 0 Å². The number of nitrogens with one attached hydrogen (secondary N) is 1. The van der Waals surface area contributed by atoms with Crippen LogP contribution in [0, 0.1) is 0 Å². The zero-order valence-corrected chi connectivity index (χ0v) is 11.7. The number of anilines is 1. The van der Waals surface area contributed by atoms with Crippen molar-refractivity contribution >= 4 is 5.69 Å². The number of benzene rings is 2. The van der Waals surface area contributed by atoms with Gasteiger partial charge in [0.2, 0.25) is 0 Å². The summed E-state index contributed by atoms with van der Waals surface area (Å²) >= 11 is 0. The van der Waals surface area contributed by atoms with Crippen LogP contribution in [0.25, 0.3) is 0 Å². The summed E-state index contributed by atoms with van der Waals surface area (Å²) in [4.78, 5) is 0. The Morgan fingerprint density at radius 1 is 1.05 bits per heavy atom. The van der Waals surface area contributed by atoms with Crippen molar-refractivity contribution in [3.63, 3.8) is 0 Å². The van der Waals surface area contributed by atoms with Crippen LogP contribution in [0.5, 0.6) is 5.75 Å². The maximum atomic E-state index is 9.25. The number of aliphatic hydroxyl groups is 1. The SMILES string of the molecule is CC(CCc1ccc(O)cc1)Nc1cccc(CO)c1. The van der Waals surface area contributed by atoms with E-state index in [1.165, 1.54) is 5.56 Å². The fraction of sp³-hybridized carbons (Fsp3) is 0.294. The molecule has 3 N–H and O–H groups in total. The van der Waals surface area contributed by atoms with Gasteiger partial charge in [-0.3, -0.25) is 0 Å². The average Bonchev–Trinajstić information content (AvgIpc) is 2.47. The monoisotopic (exact) mass is 271 g/mol. The zero-order valence-electron chi connectivity index (χ0n) is 11.7. The molecule has 0 aliphatic rings. The molecule has 0 aliphatic carbocycles. The van der Waals surface area contributed by atoms with Crippen molar-refractivity contribution in [3.05, 3.63) is 59.7 Å². The predicted octanol–water partition coefficient (Wildman–Crippen LogP) is 3.32. The van der Waals surface area contributed by atoms with Crippen LogP contribution in [0.2, 0.25) is 0 Å². The maximum Gasteiger partial charge on any atom is 0.115 e. The third-order valence-electron chi connectivity index (χ3n) is 3.32. The van der Waals surface area contributed by atoms with Gasteiger partial charge in [0.1, 0.15) is 5.75 Å². The lowest BCUT2D eigenvalue weighted by molar-refractivity contribution is 0.282. The fourth-order valence-corrected chi connectivity index (χ4v) is 2.16. The van der Waals surface area contributed by atoms with Crippen molar-refractivity contribution in [2.75, 3.05) is 5.32 Å². The van der Waals surface area contributed by atoms with Crippen LogP contribution in [0.1, 0.15) is 24.5 Å². The molecule has 0 bridgehead atoms. The lowest BCUT2D eigenvalue weighted by Gasteiger charge is -2.16. The van der Waals surface area contributed by atoms with Gasteiger partial charge < -0.3 is 15.5 Å². The Balaban J connectivity index is 1.85. The molecule has 0 saturated heterocycles. The Kier molecular flexibility index (Phi) is 5.02. The molecule has 2 aromatic carbocycles. The first-order valence-electron chi connectivity index (χ1n) is 6.91. The van der Waals surface area contributed by atoms with Crippen LogP contribution >= 0.6 is 0 Å². The minimum Gasteiger partial charge on any atom is -0.508 e. The number of aliphatic hydroxyl groups excluding tert-OH is 1. The summed E-state index contributed by atoms with van der Waals surface area (Å²) in [5, 5.41) is 21.8. The smallest absolute Gasteiger partial charge is 0.115 e. The Hall–Kier alpha value is -2.00. The van der Waals surface area contributed by atoms with Gasteiger partial charge in [-0.15, -0.1) is 0 Å². The first-order valence-corrected chi connectivity index (χ1v) is 6.91. The Morgan fingerprint density at radius 2 is 1.80 bits per heavy atom. The van der Waals surface area contributed by atoms with E-state index in [-0.39, 0.29) is 6.61 Å². The zero-order chi connectivity index (χ0) is 14.4. The Bertz CT molecular complexity index is 537. The van der Waals surface area contributed by atoms with Crippen LogP contribution in [-0.2, 0) is 13.0 Å². The molecule has 3 heteroatoms. The quantitative estimate of drug-likeness (QED) is 0.755. The van der Waals surface area contributed by atoms with E-state index in [2.05, 4.69) is 12.2 Å². The van der Waals surface area contributed by atoms with Crippen LogP contribution in [0.4, 0.5) is 5.69 Å². The highest BCUT2D eigenvalue weighted by Crippen LogP contribution is 2.15. The van der Waals surface area contributed by atoms with Gasteiger partial charge in [0.15, 0.2) is 0 Å². The standard InChI is InChI=1S/C17H21NO2/c1-13(5-6-14-7-9-17(20)10-8-14)18-16-4-2-3-15(11-16)12-19/h2-4,7-11,13,18-20H,5-6,12H2,1H3. The molecule has 2 rings (SSSR count). The van der Waals surface area contributed by atoms with Crippen molar-refractivity contribution < 1.29 is 10.2 Å². The Labute approximate surface area is 119 Å². The first kappa shape index (κ1) is 14.4. The van der Waals surface area contributed by atoms with Gasteiger partial charge in [-0.1, -0.05) is 24.3 Å². The van der Waals surface area contributed by atoms with Crippen molar-refractivity contribution in [1.29, 1.82) is 0 Å². The molecule has 0 amide bonds. The molecule has 0 spiro atoms. The van der Waals surface area contributed by atoms with Gasteiger partial charge in [-0.2, -0.15) is 0 Å². The second-order valence-electron chi connectivity index (χ2n) is 5.11. The number of phenols is 1. The topological polar surface area (TPSA) is 52.5 Å². The number of aromatic hydroxyl groups is 1. The summed E-state index contributed by atoms with van der Waals surface area (Å²) in [5.74, 6) is 0.306. The number of hydrogen-bond donors (Lipinski definition) is 3. The molecule has 2 aromatic rings. The number of rotatable bonds is 6. The lowest BCUT2D eigenvalue weighted by Crippen LogP contribution is -2.16. The minimum atomic E-state index is 0.0669. The third kappa shape index (κ3) is 4.28. The molecule has 0 aliphatic heterocycles. The molecule has 3 nitrogen and oxygen atoms in total. The van der Waals surface area contributed by atoms with Crippen molar-refractivity contribution in [3.8, 4) is 5.75 Å². The number of phenolic OH excluding ortho intramolecular Hbond substituents is 1.